The second-order valence-corrected chi connectivity index (χ2v) is 3.67. The third-order valence-electron chi connectivity index (χ3n) is 2.77. The quantitative estimate of drug-likeness (QED) is 0.766. The molecule has 0 bridgehead atoms. The molecule has 0 N–H and O–H groups in total. The van der Waals surface area contributed by atoms with Crippen LogP contribution in [0.5, 0.6) is 11.5 Å². The first-order valence-electron chi connectivity index (χ1n) is 5.65. The van der Waals surface area contributed by atoms with Crippen LogP contribution in [0.3, 0.4) is 0 Å². The molecule has 0 unspecified atom stereocenters. The van der Waals surface area contributed by atoms with Crippen LogP contribution in [0, 0.1) is 6.92 Å². The van der Waals surface area contributed by atoms with Crippen molar-refractivity contribution in [3.63, 3.8) is 0 Å². The Balaban J connectivity index is 3.26. The van der Waals surface area contributed by atoms with Crippen LogP contribution in [0.2, 0.25) is 0 Å². The van der Waals surface area contributed by atoms with E-state index in [1.165, 1.54) is 0 Å². The van der Waals surface area contributed by atoms with E-state index in [0.717, 1.165) is 35.8 Å². The summed E-state index contributed by atoms with van der Waals surface area (Å²) in [4.78, 5) is 2.26. The minimum Gasteiger partial charge on any atom is -0.497 e. The number of methoxy groups -OCH3 is 2. The van der Waals surface area contributed by atoms with Gasteiger partial charge >= 0.3 is 0 Å². The second-order valence-electron chi connectivity index (χ2n) is 3.67. The third-order valence-corrected chi connectivity index (χ3v) is 2.77. The number of aryl methyl sites for hydroxylation is 1. The summed E-state index contributed by atoms with van der Waals surface area (Å²) >= 11 is 0. The van der Waals surface area contributed by atoms with Gasteiger partial charge in [-0.15, -0.1) is 0 Å². The first-order valence-corrected chi connectivity index (χ1v) is 5.65. The lowest BCUT2D eigenvalue weighted by molar-refractivity contribution is 0.400. The minimum absolute atomic E-state index is 0.875. The molecule has 3 heteroatoms. The van der Waals surface area contributed by atoms with Gasteiger partial charge < -0.3 is 14.4 Å². The van der Waals surface area contributed by atoms with E-state index < -0.39 is 0 Å². The maximum absolute atomic E-state index is 5.46. The first kappa shape index (κ1) is 12.7. The van der Waals surface area contributed by atoms with Gasteiger partial charge in [0.2, 0.25) is 0 Å². The Morgan fingerprint density at radius 3 is 2.12 bits per heavy atom. The molecule has 0 spiro atoms. The fraction of sp³-hybridized carbons (Fsp3) is 0.538. The van der Waals surface area contributed by atoms with Crippen molar-refractivity contribution in [2.45, 2.75) is 20.8 Å². The Bertz CT molecular complexity index is 346. The Morgan fingerprint density at radius 1 is 1.06 bits per heavy atom. The van der Waals surface area contributed by atoms with Crippen molar-refractivity contribution >= 4 is 5.69 Å². The lowest BCUT2D eigenvalue weighted by atomic mass is 10.1. The van der Waals surface area contributed by atoms with E-state index in [4.69, 9.17) is 9.47 Å². The molecule has 0 fully saturated rings. The van der Waals surface area contributed by atoms with E-state index in [2.05, 4.69) is 18.7 Å². The van der Waals surface area contributed by atoms with Gasteiger partial charge in [-0.3, -0.25) is 0 Å². The van der Waals surface area contributed by atoms with Gasteiger partial charge in [0.1, 0.15) is 11.5 Å². The van der Waals surface area contributed by atoms with Crippen molar-refractivity contribution in [3.8, 4) is 11.5 Å². The summed E-state index contributed by atoms with van der Waals surface area (Å²) in [6.07, 6.45) is 0. The van der Waals surface area contributed by atoms with Crippen LogP contribution in [0.15, 0.2) is 12.1 Å². The van der Waals surface area contributed by atoms with Crippen LogP contribution in [0.4, 0.5) is 5.69 Å². The zero-order valence-electron chi connectivity index (χ0n) is 10.8. The monoisotopic (exact) mass is 223 g/mol. The summed E-state index contributed by atoms with van der Waals surface area (Å²) < 4.78 is 10.8. The summed E-state index contributed by atoms with van der Waals surface area (Å²) in [6.45, 7) is 8.22. The van der Waals surface area contributed by atoms with Gasteiger partial charge in [-0.25, -0.2) is 0 Å². The van der Waals surface area contributed by atoms with E-state index in [0.29, 0.717) is 0 Å². The molecule has 90 valence electrons. The molecule has 1 aromatic carbocycles. The fourth-order valence-electron chi connectivity index (χ4n) is 1.91. The Hall–Kier alpha value is -1.38. The lowest BCUT2D eigenvalue weighted by Gasteiger charge is -2.25. The molecule has 3 nitrogen and oxygen atoms in total. The Labute approximate surface area is 98.0 Å². The molecule has 16 heavy (non-hydrogen) atoms. The normalized spacial score (nSPS) is 10.1. The molecule has 0 saturated heterocycles. The number of benzene rings is 1. The van der Waals surface area contributed by atoms with Crippen molar-refractivity contribution in [1.29, 1.82) is 0 Å². The first-order chi connectivity index (χ1) is 7.67. The summed E-state index contributed by atoms with van der Waals surface area (Å²) in [7, 11) is 3.40. The fourth-order valence-corrected chi connectivity index (χ4v) is 1.91. The number of rotatable bonds is 5. The predicted molar refractivity (Wildman–Crippen MR) is 67.8 cm³/mol. The van der Waals surface area contributed by atoms with Crippen molar-refractivity contribution in [2.75, 3.05) is 32.2 Å². The van der Waals surface area contributed by atoms with Gasteiger partial charge in [0.25, 0.3) is 0 Å². The molecule has 1 aromatic rings. The van der Waals surface area contributed by atoms with E-state index in [-0.39, 0.29) is 0 Å². The topological polar surface area (TPSA) is 21.7 Å². The molecular weight excluding hydrogens is 202 g/mol. The highest BCUT2D eigenvalue weighted by atomic mass is 16.5. The maximum Gasteiger partial charge on any atom is 0.145 e. The molecule has 0 aliphatic carbocycles. The van der Waals surface area contributed by atoms with Gasteiger partial charge in [0.15, 0.2) is 0 Å². The summed E-state index contributed by atoms with van der Waals surface area (Å²) in [5, 5.41) is 0. The number of hydrogen-bond acceptors (Lipinski definition) is 3. The highest BCUT2D eigenvalue weighted by Gasteiger charge is 2.13. The standard InChI is InChI=1S/C13H21NO2/c1-6-14(7-2)12-9-11(15-4)8-10(3)13(12)16-5/h8-9H,6-7H2,1-5H3. The van der Waals surface area contributed by atoms with Crippen molar-refractivity contribution in [2.24, 2.45) is 0 Å². The second kappa shape index (κ2) is 5.64. The van der Waals surface area contributed by atoms with Gasteiger partial charge in [-0.2, -0.15) is 0 Å². The highest BCUT2D eigenvalue weighted by Crippen LogP contribution is 2.35. The number of nitrogens with zero attached hydrogens (tertiary/aromatic N) is 1. The lowest BCUT2D eigenvalue weighted by Crippen LogP contribution is -2.22. The van der Waals surface area contributed by atoms with Gasteiger partial charge in [0, 0.05) is 19.2 Å². The Kier molecular flexibility index (Phi) is 4.47. The van der Waals surface area contributed by atoms with Gasteiger partial charge in [0.05, 0.1) is 19.9 Å². The number of ether oxygens (including phenoxy) is 2. The molecule has 0 radical (unpaired) electrons. The molecule has 0 aliphatic heterocycles. The van der Waals surface area contributed by atoms with Crippen LogP contribution in [0.1, 0.15) is 19.4 Å². The van der Waals surface area contributed by atoms with E-state index in [9.17, 15) is 0 Å². The summed E-state index contributed by atoms with van der Waals surface area (Å²) in [5.74, 6) is 1.81. The van der Waals surface area contributed by atoms with Crippen LogP contribution >= 0.6 is 0 Å². The van der Waals surface area contributed by atoms with Crippen LogP contribution in [0.25, 0.3) is 0 Å². The number of hydrogen-bond donors (Lipinski definition) is 0. The molecule has 0 amide bonds. The largest absolute Gasteiger partial charge is 0.497 e. The van der Waals surface area contributed by atoms with Crippen LogP contribution in [-0.2, 0) is 0 Å². The molecule has 0 heterocycles. The maximum atomic E-state index is 5.46. The summed E-state index contributed by atoms with van der Waals surface area (Å²) in [5.41, 5.74) is 2.20. The van der Waals surface area contributed by atoms with Crippen molar-refractivity contribution < 1.29 is 9.47 Å². The summed E-state index contributed by atoms with van der Waals surface area (Å²) in [6, 6.07) is 4.02. The molecular formula is C13H21NO2. The SMILES string of the molecule is CCN(CC)c1cc(OC)cc(C)c1OC. The molecule has 0 aromatic heterocycles. The molecule has 0 atom stereocenters. The van der Waals surface area contributed by atoms with E-state index >= 15 is 0 Å². The van der Waals surface area contributed by atoms with Crippen molar-refractivity contribution in [1.82, 2.24) is 0 Å². The molecule has 1 rings (SSSR count). The zero-order chi connectivity index (χ0) is 12.1. The van der Waals surface area contributed by atoms with Crippen LogP contribution < -0.4 is 14.4 Å². The van der Waals surface area contributed by atoms with Crippen molar-refractivity contribution in [3.05, 3.63) is 17.7 Å². The number of anilines is 1. The van der Waals surface area contributed by atoms with E-state index in [1.807, 2.05) is 19.1 Å². The minimum atomic E-state index is 0.875. The molecule has 0 aliphatic rings. The Morgan fingerprint density at radius 2 is 1.69 bits per heavy atom. The molecule has 0 saturated carbocycles. The highest BCUT2D eigenvalue weighted by molar-refractivity contribution is 5.64. The average Bonchev–Trinajstić information content (AvgIpc) is 2.30. The van der Waals surface area contributed by atoms with Gasteiger partial charge in [-0.1, -0.05) is 0 Å². The predicted octanol–water partition coefficient (Wildman–Crippen LogP) is 2.86. The third kappa shape index (κ3) is 2.40. The van der Waals surface area contributed by atoms with E-state index in [1.54, 1.807) is 14.2 Å². The zero-order valence-corrected chi connectivity index (χ0v) is 10.8. The van der Waals surface area contributed by atoms with Gasteiger partial charge in [-0.05, 0) is 32.4 Å². The average molecular weight is 223 g/mol. The smallest absolute Gasteiger partial charge is 0.145 e. The van der Waals surface area contributed by atoms with Crippen LogP contribution in [-0.4, -0.2) is 27.3 Å².